The Morgan fingerprint density at radius 1 is 1.13 bits per heavy atom. The van der Waals surface area contributed by atoms with E-state index in [1.807, 2.05) is 12.1 Å². The van der Waals surface area contributed by atoms with E-state index in [0.29, 0.717) is 23.8 Å². The lowest BCUT2D eigenvalue weighted by Gasteiger charge is -2.37. The number of carboxylic acids is 2. The van der Waals surface area contributed by atoms with Crippen LogP contribution in [0.15, 0.2) is 64.4 Å². The average molecular weight is 426 g/mol. The zero-order valence-electron chi connectivity index (χ0n) is 16.7. The Morgan fingerprint density at radius 2 is 1.77 bits per heavy atom. The first-order valence-corrected chi connectivity index (χ1v) is 10.1. The van der Waals surface area contributed by atoms with Crippen LogP contribution >= 0.6 is 11.8 Å². The summed E-state index contributed by atoms with van der Waals surface area (Å²) in [6.45, 7) is 6.21. The van der Waals surface area contributed by atoms with Crippen molar-refractivity contribution in [2.75, 3.05) is 18.0 Å². The second-order valence-corrected chi connectivity index (χ2v) is 7.48. The number of carboxylic acid groups (broad SMARTS) is 2. The number of fused-ring (bicyclic) bond motifs is 2. The minimum absolute atomic E-state index is 0.315. The highest BCUT2D eigenvalue weighted by molar-refractivity contribution is 7.99. The highest BCUT2D eigenvalue weighted by Crippen LogP contribution is 2.49. The summed E-state index contributed by atoms with van der Waals surface area (Å²) in [5, 5.41) is 28.3. The van der Waals surface area contributed by atoms with Gasteiger partial charge in [-0.2, -0.15) is 5.26 Å². The number of anilines is 2. The summed E-state index contributed by atoms with van der Waals surface area (Å²) in [6.07, 6.45) is 1.12. The predicted molar refractivity (Wildman–Crippen MR) is 116 cm³/mol. The quantitative estimate of drug-likeness (QED) is 0.598. The average Bonchev–Trinajstić information content (AvgIpc) is 2.74. The predicted octanol–water partition coefficient (Wildman–Crippen LogP) is 3.87. The van der Waals surface area contributed by atoms with Gasteiger partial charge in [0.25, 0.3) is 0 Å². The summed E-state index contributed by atoms with van der Waals surface area (Å²) in [4.78, 5) is 23.9. The molecule has 30 heavy (non-hydrogen) atoms. The largest absolute Gasteiger partial charge is 0.478 e. The van der Waals surface area contributed by atoms with E-state index >= 15 is 0 Å². The first kappa shape index (κ1) is 23.0. The van der Waals surface area contributed by atoms with Crippen molar-refractivity contribution in [2.45, 2.75) is 29.7 Å². The molecule has 3 rings (SSSR count). The molecular formula is C22H23N3O4S. The first-order valence-electron chi connectivity index (χ1n) is 9.32. The maximum atomic E-state index is 9.55. The van der Waals surface area contributed by atoms with Crippen molar-refractivity contribution < 1.29 is 19.8 Å². The molecule has 2 aromatic rings. The lowest BCUT2D eigenvalue weighted by molar-refractivity contribution is -0.134. The van der Waals surface area contributed by atoms with Gasteiger partial charge in [0.15, 0.2) is 0 Å². The molecule has 8 heteroatoms. The van der Waals surface area contributed by atoms with Crippen molar-refractivity contribution in [1.82, 2.24) is 5.32 Å². The molecule has 0 aromatic heterocycles. The Bertz CT molecular complexity index is 969. The lowest BCUT2D eigenvalue weighted by atomic mass is 10.1. The van der Waals surface area contributed by atoms with E-state index in [1.54, 1.807) is 11.8 Å². The van der Waals surface area contributed by atoms with Gasteiger partial charge in [0, 0.05) is 34.5 Å². The highest BCUT2D eigenvalue weighted by atomic mass is 32.2. The zero-order valence-corrected chi connectivity index (χ0v) is 17.5. The van der Waals surface area contributed by atoms with Crippen molar-refractivity contribution in [3.63, 3.8) is 0 Å². The molecule has 1 aliphatic rings. The van der Waals surface area contributed by atoms with Crippen LogP contribution in [-0.4, -0.2) is 41.3 Å². The SMILES string of the molecule is CCNCC(C)N1c2ccccc2Sc2ccc(C#N)cc21.O=C(O)/C=C/C(=O)O. The number of nitriles is 1. The van der Waals surface area contributed by atoms with Crippen molar-refractivity contribution in [2.24, 2.45) is 0 Å². The molecule has 0 fully saturated rings. The van der Waals surface area contributed by atoms with Gasteiger partial charge in [-0.1, -0.05) is 30.8 Å². The summed E-state index contributed by atoms with van der Waals surface area (Å²) in [6, 6.07) is 17.0. The Kier molecular flexibility index (Phi) is 8.47. The molecule has 0 radical (unpaired) electrons. The lowest BCUT2D eigenvalue weighted by Crippen LogP contribution is -2.38. The number of nitrogens with one attached hydrogen (secondary N) is 1. The number of hydrogen-bond acceptors (Lipinski definition) is 6. The number of aliphatic carboxylic acids is 2. The molecule has 1 heterocycles. The molecule has 1 atom stereocenters. The van der Waals surface area contributed by atoms with Gasteiger partial charge in [0.1, 0.15) is 0 Å². The molecule has 3 N–H and O–H groups in total. The number of nitrogens with zero attached hydrogens (tertiary/aromatic N) is 2. The van der Waals surface area contributed by atoms with Crippen molar-refractivity contribution >= 4 is 35.1 Å². The fraction of sp³-hybridized carbons (Fsp3) is 0.227. The van der Waals surface area contributed by atoms with Gasteiger partial charge in [-0.25, -0.2) is 9.59 Å². The monoisotopic (exact) mass is 425 g/mol. The smallest absolute Gasteiger partial charge is 0.328 e. The van der Waals surface area contributed by atoms with Crippen LogP contribution in [0, 0.1) is 11.3 Å². The molecule has 0 saturated heterocycles. The van der Waals surface area contributed by atoms with Crippen LogP contribution in [0.5, 0.6) is 0 Å². The molecule has 0 saturated carbocycles. The van der Waals surface area contributed by atoms with E-state index in [2.05, 4.69) is 60.5 Å². The summed E-state index contributed by atoms with van der Waals surface area (Å²) in [5.74, 6) is -2.51. The third-order valence-electron chi connectivity index (χ3n) is 4.19. The Labute approximate surface area is 179 Å². The standard InChI is InChI=1S/C18H19N3S.C4H4O4/c1-3-20-12-13(2)21-15-6-4-5-7-17(15)22-18-9-8-14(11-19)10-16(18)21;5-3(6)1-2-4(7)8/h4-10,13,20H,3,12H2,1-2H3;1-2H,(H,5,6)(H,7,8)/b;2-1+. The summed E-state index contributed by atoms with van der Waals surface area (Å²) in [7, 11) is 0. The third kappa shape index (κ3) is 6.11. The van der Waals surface area contributed by atoms with E-state index in [0.717, 1.165) is 18.8 Å². The van der Waals surface area contributed by atoms with Crippen LogP contribution in [-0.2, 0) is 9.59 Å². The van der Waals surface area contributed by atoms with Crippen LogP contribution in [0.1, 0.15) is 19.4 Å². The van der Waals surface area contributed by atoms with Crippen molar-refractivity contribution in [3.05, 3.63) is 60.2 Å². The maximum absolute atomic E-state index is 9.55. The van der Waals surface area contributed by atoms with Gasteiger partial charge in [-0.15, -0.1) is 0 Å². The minimum atomic E-state index is -1.26. The normalized spacial score (nSPS) is 12.8. The summed E-state index contributed by atoms with van der Waals surface area (Å²) >= 11 is 1.78. The fourth-order valence-corrected chi connectivity index (χ4v) is 3.97. The van der Waals surface area contributed by atoms with Crippen LogP contribution < -0.4 is 10.2 Å². The van der Waals surface area contributed by atoms with Crippen LogP contribution in [0.3, 0.4) is 0 Å². The van der Waals surface area contributed by atoms with Crippen molar-refractivity contribution in [3.8, 4) is 6.07 Å². The molecule has 0 bridgehead atoms. The number of likely N-dealkylation sites (N-methyl/N-ethyl adjacent to an activating group) is 1. The first-order chi connectivity index (χ1) is 14.4. The topological polar surface area (TPSA) is 114 Å². The van der Waals surface area contributed by atoms with Crippen LogP contribution in [0.25, 0.3) is 0 Å². The van der Waals surface area contributed by atoms with Gasteiger partial charge in [-0.3, -0.25) is 0 Å². The fourth-order valence-electron chi connectivity index (χ4n) is 2.91. The number of hydrogen-bond donors (Lipinski definition) is 3. The van der Waals surface area contributed by atoms with Gasteiger partial charge < -0.3 is 20.4 Å². The molecule has 1 aliphatic heterocycles. The molecule has 156 valence electrons. The van der Waals surface area contributed by atoms with Gasteiger partial charge in [0.05, 0.1) is 23.0 Å². The number of benzene rings is 2. The molecule has 7 nitrogen and oxygen atoms in total. The summed E-state index contributed by atoms with van der Waals surface area (Å²) < 4.78 is 0. The Balaban J connectivity index is 0.000000343. The number of carbonyl (C=O) groups is 2. The van der Waals surface area contributed by atoms with Crippen LogP contribution in [0.4, 0.5) is 11.4 Å². The van der Waals surface area contributed by atoms with E-state index in [1.165, 1.54) is 15.5 Å². The molecule has 2 aromatic carbocycles. The second kappa shape index (κ2) is 11.0. The van der Waals surface area contributed by atoms with Crippen LogP contribution in [0.2, 0.25) is 0 Å². The van der Waals surface area contributed by atoms with Gasteiger partial charge in [-0.05, 0) is 43.8 Å². The molecule has 0 spiro atoms. The van der Waals surface area contributed by atoms with E-state index in [4.69, 9.17) is 10.2 Å². The molecular weight excluding hydrogens is 402 g/mol. The maximum Gasteiger partial charge on any atom is 0.328 e. The number of para-hydroxylation sites is 1. The molecule has 1 unspecified atom stereocenters. The van der Waals surface area contributed by atoms with Gasteiger partial charge >= 0.3 is 11.9 Å². The molecule has 0 amide bonds. The highest BCUT2D eigenvalue weighted by Gasteiger charge is 2.26. The van der Waals surface area contributed by atoms with Gasteiger partial charge in [0.2, 0.25) is 0 Å². The zero-order chi connectivity index (χ0) is 22.1. The van der Waals surface area contributed by atoms with E-state index in [-0.39, 0.29) is 0 Å². The third-order valence-corrected chi connectivity index (χ3v) is 5.32. The van der Waals surface area contributed by atoms with E-state index < -0.39 is 11.9 Å². The Morgan fingerprint density at radius 3 is 2.37 bits per heavy atom. The van der Waals surface area contributed by atoms with E-state index in [9.17, 15) is 14.9 Å². The Hall–Kier alpha value is -3.28. The van der Waals surface area contributed by atoms with Crippen molar-refractivity contribution in [1.29, 1.82) is 5.26 Å². The minimum Gasteiger partial charge on any atom is -0.478 e. The number of rotatable bonds is 6. The summed E-state index contributed by atoms with van der Waals surface area (Å²) in [5.41, 5.74) is 3.06. The second-order valence-electron chi connectivity index (χ2n) is 6.40. The molecule has 0 aliphatic carbocycles.